The predicted molar refractivity (Wildman–Crippen MR) is 131 cm³/mol. The molecule has 0 radical (unpaired) electrons. The lowest BCUT2D eigenvalue weighted by Crippen LogP contribution is -2.54. The van der Waals surface area contributed by atoms with Crippen molar-refractivity contribution < 1.29 is 9.18 Å². The van der Waals surface area contributed by atoms with Crippen LogP contribution in [-0.4, -0.2) is 57.5 Å². The van der Waals surface area contributed by atoms with Crippen molar-refractivity contribution in [1.29, 1.82) is 0 Å². The molecule has 1 aliphatic rings. The number of carbonyl (C=O) groups is 1. The van der Waals surface area contributed by atoms with Gasteiger partial charge in [0.2, 0.25) is 0 Å². The van der Waals surface area contributed by atoms with Crippen LogP contribution in [0.15, 0.2) is 63.7 Å². The molecular formula is C26H29FN4O3. The Labute approximate surface area is 197 Å². The molecule has 0 saturated carbocycles. The third kappa shape index (κ3) is 4.72. The minimum Gasteiger partial charge on any atom is -0.336 e. The molecule has 8 heteroatoms. The fourth-order valence-corrected chi connectivity index (χ4v) is 4.41. The number of allylic oxidation sites excluding steroid dienone is 1. The third-order valence-electron chi connectivity index (χ3n) is 6.50. The van der Waals surface area contributed by atoms with E-state index < -0.39 is 17.1 Å². The number of piperazine rings is 1. The maximum atomic E-state index is 14.7. The SMILES string of the molecule is CC=C(C)CN1CCN(C(=O)c2cc(Cn3c(=O)[nH]c(=O)c4ccccc43)ccc2F)C[C@@H]1C. The van der Waals surface area contributed by atoms with E-state index in [0.29, 0.717) is 29.6 Å². The van der Waals surface area contributed by atoms with Gasteiger partial charge in [-0.05, 0) is 50.6 Å². The van der Waals surface area contributed by atoms with E-state index in [4.69, 9.17) is 0 Å². The first-order chi connectivity index (χ1) is 16.3. The molecular weight excluding hydrogens is 435 g/mol. The molecule has 7 nitrogen and oxygen atoms in total. The number of fused-ring (bicyclic) bond motifs is 1. The summed E-state index contributed by atoms with van der Waals surface area (Å²) in [6.07, 6.45) is 2.09. The van der Waals surface area contributed by atoms with Crippen LogP contribution in [-0.2, 0) is 6.54 Å². The van der Waals surface area contributed by atoms with Gasteiger partial charge in [-0.1, -0.05) is 29.8 Å². The number of benzene rings is 2. The number of halogens is 1. The second kappa shape index (κ2) is 9.77. The van der Waals surface area contributed by atoms with E-state index in [2.05, 4.69) is 29.8 Å². The van der Waals surface area contributed by atoms with Crippen LogP contribution in [0.1, 0.15) is 36.7 Å². The van der Waals surface area contributed by atoms with Gasteiger partial charge >= 0.3 is 5.69 Å². The van der Waals surface area contributed by atoms with E-state index in [1.54, 1.807) is 35.2 Å². The summed E-state index contributed by atoms with van der Waals surface area (Å²) in [5.74, 6) is -0.945. The smallest absolute Gasteiger partial charge is 0.329 e. The molecule has 3 aromatic rings. The van der Waals surface area contributed by atoms with Crippen molar-refractivity contribution in [1.82, 2.24) is 19.4 Å². The van der Waals surface area contributed by atoms with Crippen molar-refractivity contribution in [3.05, 3.63) is 91.9 Å². The number of hydrogen-bond acceptors (Lipinski definition) is 4. The van der Waals surface area contributed by atoms with Gasteiger partial charge in [0.15, 0.2) is 0 Å². The fraction of sp³-hybridized carbons (Fsp3) is 0.346. The first-order valence-electron chi connectivity index (χ1n) is 11.4. The second-order valence-electron chi connectivity index (χ2n) is 8.88. The molecule has 1 aromatic heterocycles. The van der Waals surface area contributed by atoms with Crippen molar-refractivity contribution in [3.63, 3.8) is 0 Å². The minimum absolute atomic E-state index is 0.00966. The summed E-state index contributed by atoms with van der Waals surface area (Å²) in [5.41, 5.74) is 1.33. The van der Waals surface area contributed by atoms with Crippen LogP contribution >= 0.6 is 0 Å². The number of nitrogens with zero attached hydrogens (tertiary/aromatic N) is 3. The van der Waals surface area contributed by atoms with Gasteiger partial charge in [-0.25, -0.2) is 9.18 Å². The van der Waals surface area contributed by atoms with Crippen molar-refractivity contribution in [3.8, 4) is 0 Å². The zero-order chi connectivity index (χ0) is 24.4. The van der Waals surface area contributed by atoms with Gasteiger partial charge in [0.1, 0.15) is 5.82 Å². The monoisotopic (exact) mass is 464 g/mol. The van der Waals surface area contributed by atoms with Crippen LogP contribution in [0, 0.1) is 5.82 Å². The summed E-state index contributed by atoms with van der Waals surface area (Å²) in [4.78, 5) is 44.2. The summed E-state index contributed by atoms with van der Waals surface area (Å²) in [7, 11) is 0. The number of aromatic amines is 1. The molecule has 4 rings (SSSR count). The summed E-state index contributed by atoms with van der Waals surface area (Å²) in [6, 6.07) is 11.3. The van der Waals surface area contributed by atoms with E-state index in [1.165, 1.54) is 22.3 Å². The Morgan fingerprint density at radius 3 is 2.68 bits per heavy atom. The van der Waals surface area contributed by atoms with Gasteiger partial charge in [-0.3, -0.25) is 24.0 Å². The lowest BCUT2D eigenvalue weighted by atomic mass is 10.1. The molecule has 34 heavy (non-hydrogen) atoms. The highest BCUT2D eigenvalue weighted by molar-refractivity contribution is 5.94. The van der Waals surface area contributed by atoms with Gasteiger partial charge in [0.05, 0.1) is 23.0 Å². The lowest BCUT2D eigenvalue weighted by molar-refractivity contribution is 0.0533. The average Bonchev–Trinajstić information content (AvgIpc) is 2.83. The van der Waals surface area contributed by atoms with E-state index >= 15 is 0 Å². The summed E-state index contributed by atoms with van der Waals surface area (Å²) >= 11 is 0. The Morgan fingerprint density at radius 1 is 1.18 bits per heavy atom. The zero-order valence-corrected chi connectivity index (χ0v) is 19.7. The highest BCUT2D eigenvalue weighted by Gasteiger charge is 2.28. The molecule has 0 aliphatic carbocycles. The van der Waals surface area contributed by atoms with E-state index in [9.17, 15) is 18.8 Å². The molecule has 2 aromatic carbocycles. The van der Waals surface area contributed by atoms with Gasteiger partial charge in [-0.2, -0.15) is 0 Å². The molecule has 178 valence electrons. The molecule has 1 N–H and O–H groups in total. The van der Waals surface area contributed by atoms with Crippen LogP contribution in [0.4, 0.5) is 4.39 Å². The fourth-order valence-electron chi connectivity index (χ4n) is 4.41. The Morgan fingerprint density at radius 2 is 1.94 bits per heavy atom. The maximum absolute atomic E-state index is 14.7. The summed E-state index contributed by atoms with van der Waals surface area (Å²) < 4.78 is 16.1. The molecule has 0 bridgehead atoms. The molecule has 0 spiro atoms. The maximum Gasteiger partial charge on any atom is 0.329 e. The summed E-state index contributed by atoms with van der Waals surface area (Å²) in [5, 5.41) is 0.389. The Balaban J connectivity index is 1.58. The Hall–Kier alpha value is -3.52. The molecule has 1 saturated heterocycles. The highest BCUT2D eigenvalue weighted by Crippen LogP contribution is 2.19. The highest BCUT2D eigenvalue weighted by atomic mass is 19.1. The number of H-pyrrole nitrogens is 1. The molecule has 0 unspecified atom stereocenters. The number of para-hydroxylation sites is 1. The number of amides is 1. The number of carbonyl (C=O) groups excluding carboxylic acids is 1. The number of aromatic nitrogens is 2. The van der Waals surface area contributed by atoms with Crippen LogP contribution < -0.4 is 11.2 Å². The van der Waals surface area contributed by atoms with Gasteiger partial charge in [0, 0.05) is 32.2 Å². The van der Waals surface area contributed by atoms with Crippen LogP contribution in [0.5, 0.6) is 0 Å². The normalized spacial score (nSPS) is 17.4. The van der Waals surface area contributed by atoms with E-state index in [-0.39, 0.29) is 24.1 Å². The minimum atomic E-state index is -0.590. The van der Waals surface area contributed by atoms with Gasteiger partial charge in [-0.15, -0.1) is 0 Å². The second-order valence-corrected chi connectivity index (χ2v) is 8.88. The quantitative estimate of drug-likeness (QED) is 0.589. The van der Waals surface area contributed by atoms with Crippen molar-refractivity contribution >= 4 is 16.8 Å². The Bertz CT molecular complexity index is 1370. The standard InChI is InChI=1S/C26H29FN4O3/c1-4-17(2)14-29-11-12-30(15-18(29)3)25(33)21-13-19(9-10-22(21)27)16-31-23-8-6-5-7-20(23)24(32)28-26(31)34/h4-10,13,18H,11-12,14-16H2,1-3H3,(H,28,32,34)/t18-/m0/s1. The first kappa shape index (κ1) is 23.6. The molecule has 1 aliphatic heterocycles. The third-order valence-corrected chi connectivity index (χ3v) is 6.50. The largest absolute Gasteiger partial charge is 0.336 e. The van der Waals surface area contributed by atoms with E-state index in [1.807, 2.05) is 6.92 Å². The van der Waals surface area contributed by atoms with Crippen LogP contribution in [0.3, 0.4) is 0 Å². The molecule has 2 heterocycles. The van der Waals surface area contributed by atoms with Gasteiger partial charge < -0.3 is 4.90 Å². The zero-order valence-electron chi connectivity index (χ0n) is 19.7. The first-order valence-corrected chi connectivity index (χ1v) is 11.4. The topological polar surface area (TPSA) is 78.4 Å². The number of nitrogens with one attached hydrogen (secondary N) is 1. The lowest BCUT2D eigenvalue weighted by Gasteiger charge is -2.40. The van der Waals surface area contributed by atoms with Gasteiger partial charge in [0.25, 0.3) is 11.5 Å². The van der Waals surface area contributed by atoms with Crippen LogP contribution in [0.2, 0.25) is 0 Å². The molecule has 1 atom stereocenters. The summed E-state index contributed by atoms with van der Waals surface area (Å²) in [6.45, 7) is 8.88. The average molecular weight is 465 g/mol. The molecule has 1 amide bonds. The van der Waals surface area contributed by atoms with Crippen molar-refractivity contribution in [2.24, 2.45) is 0 Å². The Kier molecular flexibility index (Phi) is 6.79. The van der Waals surface area contributed by atoms with Crippen molar-refractivity contribution in [2.75, 3.05) is 26.2 Å². The van der Waals surface area contributed by atoms with E-state index in [0.717, 1.165) is 13.1 Å². The number of rotatable bonds is 5. The van der Waals surface area contributed by atoms with Crippen LogP contribution in [0.25, 0.3) is 10.9 Å². The molecule has 1 fully saturated rings. The number of hydrogen-bond donors (Lipinski definition) is 1. The van der Waals surface area contributed by atoms with Crippen molar-refractivity contribution in [2.45, 2.75) is 33.4 Å². The predicted octanol–water partition coefficient (Wildman–Crippen LogP) is 2.99.